The fourth-order valence-corrected chi connectivity index (χ4v) is 3.85. The normalized spacial score (nSPS) is 30.0. The first-order chi connectivity index (χ1) is 9.27. The van der Waals surface area contributed by atoms with Crippen molar-refractivity contribution >= 4 is 0 Å². The third kappa shape index (κ3) is 2.31. The van der Waals surface area contributed by atoms with E-state index >= 15 is 0 Å². The fourth-order valence-electron chi connectivity index (χ4n) is 3.85. The van der Waals surface area contributed by atoms with Gasteiger partial charge in [0.1, 0.15) is 0 Å². The van der Waals surface area contributed by atoms with E-state index in [-0.39, 0.29) is 5.41 Å². The number of nitrogens with two attached hydrogens (primary N) is 1. The van der Waals surface area contributed by atoms with Gasteiger partial charge in [0.25, 0.3) is 0 Å². The molecule has 1 heterocycles. The number of aromatic nitrogens is 2. The van der Waals surface area contributed by atoms with Gasteiger partial charge in [-0.2, -0.15) is 4.98 Å². The molecular weight excluding hydrogens is 238 g/mol. The summed E-state index contributed by atoms with van der Waals surface area (Å²) in [6.07, 6.45) is 9.70. The second kappa shape index (κ2) is 5.23. The van der Waals surface area contributed by atoms with E-state index in [0.717, 1.165) is 30.5 Å². The van der Waals surface area contributed by atoms with Crippen LogP contribution in [-0.4, -0.2) is 16.7 Å². The maximum Gasteiger partial charge on any atom is 0.234 e. The molecule has 2 fully saturated rings. The van der Waals surface area contributed by atoms with Crippen molar-refractivity contribution in [2.45, 2.75) is 69.6 Å². The van der Waals surface area contributed by atoms with Gasteiger partial charge in [-0.1, -0.05) is 31.3 Å². The van der Waals surface area contributed by atoms with Crippen molar-refractivity contribution in [3.63, 3.8) is 0 Å². The van der Waals surface area contributed by atoms with Crippen molar-refractivity contribution in [2.75, 3.05) is 6.54 Å². The van der Waals surface area contributed by atoms with Gasteiger partial charge in [0.05, 0.1) is 5.41 Å². The third-order valence-electron chi connectivity index (χ3n) is 5.33. The second-order valence-electron chi connectivity index (χ2n) is 6.43. The van der Waals surface area contributed by atoms with E-state index in [1.165, 1.54) is 38.5 Å². The van der Waals surface area contributed by atoms with Crippen molar-refractivity contribution in [1.29, 1.82) is 0 Å². The SMILES string of the molecule is CCC1CCC(c2noc(C3(CN)CCCC3)n2)C1. The van der Waals surface area contributed by atoms with Crippen molar-refractivity contribution in [3.05, 3.63) is 11.7 Å². The van der Waals surface area contributed by atoms with Gasteiger partial charge in [-0.25, -0.2) is 0 Å². The summed E-state index contributed by atoms with van der Waals surface area (Å²) in [5.41, 5.74) is 5.96. The zero-order chi connectivity index (χ0) is 13.3. The minimum Gasteiger partial charge on any atom is -0.339 e. The van der Waals surface area contributed by atoms with E-state index < -0.39 is 0 Å². The Morgan fingerprint density at radius 3 is 2.74 bits per heavy atom. The zero-order valence-electron chi connectivity index (χ0n) is 11.9. The highest BCUT2D eigenvalue weighted by Crippen LogP contribution is 2.42. The summed E-state index contributed by atoms with van der Waals surface area (Å²) in [7, 11) is 0. The molecule has 4 heteroatoms. The molecule has 2 atom stereocenters. The summed E-state index contributed by atoms with van der Waals surface area (Å²) in [6, 6.07) is 0. The lowest BCUT2D eigenvalue weighted by Crippen LogP contribution is -2.32. The van der Waals surface area contributed by atoms with Crippen molar-refractivity contribution in [3.8, 4) is 0 Å². The summed E-state index contributed by atoms with van der Waals surface area (Å²) < 4.78 is 5.58. The van der Waals surface area contributed by atoms with Crippen LogP contribution >= 0.6 is 0 Å². The predicted molar refractivity (Wildman–Crippen MR) is 73.9 cm³/mol. The molecule has 2 N–H and O–H groups in total. The van der Waals surface area contributed by atoms with Crippen LogP contribution in [-0.2, 0) is 5.41 Å². The molecular formula is C15H25N3O. The summed E-state index contributed by atoms with van der Waals surface area (Å²) >= 11 is 0. The lowest BCUT2D eigenvalue weighted by molar-refractivity contribution is 0.282. The first-order valence-corrected chi connectivity index (χ1v) is 7.81. The molecule has 0 aliphatic heterocycles. The molecule has 1 aromatic rings. The summed E-state index contributed by atoms with van der Waals surface area (Å²) in [5.74, 6) is 3.11. The minimum absolute atomic E-state index is 0.0198. The molecule has 4 nitrogen and oxygen atoms in total. The molecule has 19 heavy (non-hydrogen) atoms. The van der Waals surface area contributed by atoms with Crippen molar-refractivity contribution in [1.82, 2.24) is 10.1 Å². The molecule has 1 aromatic heterocycles. The second-order valence-corrected chi connectivity index (χ2v) is 6.43. The highest BCUT2D eigenvalue weighted by atomic mass is 16.5. The number of nitrogens with zero attached hydrogens (tertiary/aromatic N) is 2. The average molecular weight is 263 g/mol. The topological polar surface area (TPSA) is 64.9 Å². The molecule has 3 rings (SSSR count). The Balaban J connectivity index is 1.76. The van der Waals surface area contributed by atoms with Crippen molar-refractivity contribution in [2.24, 2.45) is 11.7 Å². The van der Waals surface area contributed by atoms with E-state index in [9.17, 15) is 0 Å². The number of rotatable bonds is 4. The predicted octanol–water partition coefficient (Wildman–Crippen LogP) is 3.13. The molecule has 2 aliphatic rings. The van der Waals surface area contributed by atoms with Crippen LogP contribution in [0.4, 0.5) is 0 Å². The maximum atomic E-state index is 5.98. The van der Waals surface area contributed by atoms with Crippen LogP contribution in [0.1, 0.15) is 75.9 Å². The van der Waals surface area contributed by atoms with Crippen molar-refractivity contribution < 1.29 is 4.52 Å². The smallest absolute Gasteiger partial charge is 0.234 e. The van der Waals surface area contributed by atoms with Gasteiger partial charge in [-0.3, -0.25) is 0 Å². The average Bonchev–Trinajstić information content (AvgIpc) is 3.17. The molecule has 2 unspecified atom stereocenters. The van der Waals surface area contributed by atoms with Gasteiger partial charge in [-0.05, 0) is 38.0 Å². The Morgan fingerprint density at radius 1 is 1.32 bits per heavy atom. The zero-order valence-corrected chi connectivity index (χ0v) is 11.9. The monoisotopic (exact) mass is 263 g/mol. The van der Waals surface area contributed by atoms with Crippen LogP contribution in [0.15, 0.2) is 4.52 Å². The highest BCUT2D eigenvalue weighted by molar-refractivity contribution is 5.11. The van der Waals surface area contributed by atoms with E-state index in [1.807, 2.05) is 0 Å². The van der Waals surface area contributed by atoms with Gasteiger partial charge in [0.2, 0.25) is 5.89 Å². The Kier molecular flexibility index (Phi) is 3.61. The summed E-state index contributed by atoms with van der Waals surface area (Å²) in [5, 5.41) is 4.26. The molecule has 0 aromatic carbocycles. The summed E-state index contributed by atoms with van der Waals surface area (Å²) in [4.78, 5) is 4.73. The molecule has 106 valence electrons. The summed E-state index contributed by atoms with van der Waals surface area (Å²) in [6.45, 7) is 2.91. The van der Waals surface area contributed by atoms with Crippen LogP contribution in [0, 0.1) is 5.92 Å². The fraction of sp³-hybridized carbons (Fsp3) is 0.867. The van der Waals surface area contributed by atoms with E-state index in [0.29, 0.717) is 12.5 Å². The highest BCUT2D eigenvalue weighted by Gasteiger charge is 2.40. The van der Waals surface area contributed by atoms with E-state index in [4.69, 9.17) is 15.2 Å². The maximum absolute atomic E-state index is 5.98. The van der Waals surface area contributed by atoms with Crippen LogP contribution < -0.4 is 5.73 Å². The molecule has 0 bridgehead atoms. The molecule has 0 spiro atoms. The molecule has 2 aliphatic carbocycles. The largest absolute Gasteiger partial charge is 0.339 e. The van der Waals surface area contributed by atoms with Gasteiger partial charge < -0.3 is 10.3 Å². The lowest BCUT2D eigenvalue weighted by Gasteiger charge is -2.21. The van der Waals surface area contributed by atoms with Crippen LogP contribution in [0.3, 0.4) is 0 Å². The van der Waals surface area contributed by atoms with Gasteiger partial charge in [-0.15, -0.1) is 0 Å². The standard InChI is InChI=1S/C15H25N3O/c1-2-11-5-6-12(9-11)13-17-14(19-18-13)15(10-16)7-3-4-8-15/h11-12H,2-10,16H2,1H3. The van der Waals surface area contributed by atoms with Crippen LogP contribution in [0.25, 0.3) is 0 Å². The Bertz CT molecular complexity index is 423. The third-order valence-corrected chi connectivity index (χ3v) is 5.33. The Labute approximate surface area is 115 Å². The number of hydrogen-bond acceptors (Lipinski definition) is 4. The molecule has 0 amide bonds. The quantitative estimate of drug-likeness (QED) is 0.906. The first kappa shape index (κ1) is 13.1. The van der Waals surface area contributed by atoms with E-state index in [1.54, 1.807) is 0 Å². The molecule has 2 saturated carbocycles. The molecule has 0 saturated heterocycles. The lowest BCUT2D eigenvalue weighted by atomic mass is 9.86. The Hall–Kier alpha value is -0.900. The van der Waals surface area contributed by atoms with E-state index in [2.05, 4.69) is 12.1 Å². The number of hydrogen-bond donors (Lipinski definition) is 1. The first-order valence-electron chi connectivity index (χ1n) is 7.81. The van der Waals surface area contributed by atoms with Crippen LogP contribution in [0.5, 0.6) is 0 Å². The minimum atomic E-state index is -0.0198. The Morgan fingerprint density at radius 2 is 2.11 bits per heavy atom. The van der Waals surface area contributed by atoms with Crippen LogP contribution in [0.2, 0.25) is 0 Å². The van der Waals surface area contributed by atoms with Gasteiger partial charge >= 0.3 is 0 Å². The van der Waals surface area contributed by atoms with Gasteiger partial charge in [0.15, 0.2) is 5.82 Å². The van der Waals surface area contributed by atoms with Gasteiger partial charge in [0, 0.05) is 12.5 Å². The molecule has 0 radical (unpaired) electrons.